The van der Waals surface area contributed by atoms with E-state index in [-0.39, 0.29) is 11.9 Å². The number of halogens is 1. The third-order valence-electron chi connectivity index (χ3n) is 2.58. The lowest BCUT2D eigenvalue weighted by Gasteiger charge is -2.08. The molecule has 2 aromatic rings. The summed E-state index contributed by atoms with van der Waals surface area (Å²) in [5.74, 6) is 0.319. The number of amides is 1. The Kier molecular flexibility index (Phi) is 5.10. The van der Waals surface area contributed by atoms with Gasteiger partial charge in [-0.15, -0.1) is 0 Å². The third kappa shape index (κ3) is 3.91. The molecule has 1 amide bonds. The van der Waals surface area contributed by atoms with E-state index in [0.29, 0.717) is 28.1 Å². The Morgan fingerprint density at radius 2 is 2.05 bits per heavy atom. The number of carbonyl (C=O) groups excluding carboxylic acids is 1. The predicted molar refractivity (Wildman–Crippen MR) is 81.8 cm³/mol. The second kappa shape index (κ2) is 7.03. The van der Waals surface area contributed by atoms with Gasteiger partial charge in [-0.05, 0) is 41.1 Å². The Bertz CT molecular complexity index is 632. The van der Waals surface area contributed by atoms with Crippen molar-refractivity contribution < 1.29 is 14.3 Å². The van der Waals surface area contributed by atoms with Crippen LogP contribution in [-0.2, 0) is 0 Å². The second-order valence-corrected chi connectivity index (χ2v) is 4.84. The summed E-state index contributed by atoms with van der Waals surface area (Å²) in [4.78, 5) is 20.2. The van der Waals surface area contributed by atoms with E-state index in [4.69, 9.17) is 9.47 Å². The van der Waals surface area contributed by atoms with Crippen molar-refractivity contribution in [3.05, 3.63) is 40.6 Å². The summed E-state index contributed by atoms with van der Waals surface area (Å²) in [5.41, 5.74) is 0.946. The monoisotopic (exact) mass is 351 g/mol. The van der Waals surface area contributed by atoms with Crippen LogP contribution in [0.2, 0.25) is 0 Å². The molecular formula is C14H14BrN3O3. The molecule has 0 unspecified atom stereocenters. The summed E-state index contributed by atoms with van der Waals surface area (Å²) >= 11 is 3.34. The maximum Gasteiger partial charge on any atom is 0.316 e. The van der Waals surface area contributed by atoms with Gasteiger partial charge in [-0.3, -0.25) is 4.79 Å². The lowest BCUT2D eigenvalue weighted by molar-refractivity contribution is 0.102. The van der Waals surface area contributed by atoms with Crippen LogP contribution in [0.3, 0.4) is 0 Å². The fourth-order valence-electron chi connectivity index (χ4n) is 1.59. The van der Waals surface area contributed by atoms with Crippen LogP contribution in [0.15, 0.2) is 35.1 Å². The Hall–Kier alpha value is -2.15. The molecule has 0 aliphatic carbocycles. The van der Waals surface area contributed by atoms with E-state index in [1.54, 1.807) is 25.3 Å². The zero-order valence-electron chi connectivity index (χ0n) is 11.6. The van der Waals surface area contributed by atoms with Gasteiger partial charge in [-0.2, -0.15) is 0 Å². The van der Waals surface area contributed by atoms with Crippen LogP contribution >= 0.6 is 15.9 Å². The predicted octanol–water partition coefficient (Wildman–Crippen LogP) is 2.90. The molecule has 1 heterocycles. The Morgan fingerprint density at radius 3 is 2.67 bits per heavy atom. The molecule has 0 atom stereocenters. The molecule has 110 valence electrons. The lowest BCUT2D eigenvalue weighted by Crippen LogP contribution is -2.13. The van der Waals surface area contributed by atoms with Crippen molar-refractivity contribution >= 4 is 27.5 Å². The molecule has 2 rings (SSSR count). The molecule has 1 N–H and O–H groups in total. The highest BCUT2D eigenvalue weighted by Crippen LogP contribution is 2.23. The molecule has 0 saturated heterocycles. The van der Waals surface area contributed by atoms with Gasteiger partial charge < -0.3 is 14.8 Å². The summed E-state index contributed by atoms with van der Waals surface area (Å²) in [6, 6.07) is 5.44. The normalized spacial score (nSPS) is 10.0. The first-order valence-electron chi connectivity index (χ1n) is 6.23. The van der Waals surface area contributed by atoms with Crippen LogP contribution in [0.1, 0.15) is 17.3 Å². The van der Waals surface area contributed by atoms with Gasteiger partial charge in [0, 0.05) is 4.47 Å². The first-order valence-corrected chi connectivity index (χ1v) is 7.03. The number of ether oxygens (including phenoxy) is 2. The van der Waals surface area contributed by atoms with Gasteiger partial charge in [-0.25, -0.2) is 9.97 Å². The van der Waals surface area contributed by atoms with Gasteiger partial charge in [0.05, 0.1) is 37.4 Å². The standard InChI is InChI=1S/C14H14BrN3O3/c1-3-21-14-16-7-9(8-17-14)18-13(19)11-6-10(20-2)4-5-12(11)15/h4-8H,3H2,1-2H3,(H,18,19). The van der Waals surface area contributed by atoms with Crippen LogP contribution in [-0.4, -0.2) is 29.6 Å². The molecule has 0 aliphatic rings. The van der Waals surface area contributed by atoms with Gasteiger partial charge in [0.25, 0.3) is 5.91 Å². The number of benzene rings is 1. The molecule has 0 fully saturated rings. The van der Waals surface area contributed by atoms with Crippen LogP contribution in [0, 0.1) is 0 Å². The minimum Gasteiger partial charge on any atom is -0.497 e. The molecule has 6 nitrogen and oxygen atoms in total. The number of carbonyl (C=O) groups is 1. The van der Waals surface area contributed by atoms with Gasteiger partial charge in [-0.1, -0.05) is 0 Å². The van der Waals surface area contributed by atoms with Gasteiger partial charge >= 0.3 is 6.01 Å². The highest BCUT2D eigenvalue weighted by molar-refractivity contribution is 9.10. The smallest absolute Gasteiger partial charge is 0.316 e. The molecule has 7 heteroatoms. The first-order chi connectivity index (χ1) is 10.1. The number of hydrogen-bond donors (Lipinski definition) is 1. The molecule has 0 bridgehead atoms. The van der Waals surface area contributed by atoms with Crippen LogP contribution in [0.5, 0.6) is 11.8 Å². The number of methoxy groups -OCH3 is 1. The fraction of sp³-hybridized carbons (Fsp3) is 0.214. The fourth-order valence-corrected chi connectivity index (χ4v) is 2.01. The Balaban J connectivity index is 2.14. The summed E-state index contributed by atoms with van der Waals surface area (Å²) in [7, 11) is 1.55. The quantitative estimate of drug-likeness (QED) is 0.896. The second-order valence-electron chi connectivity index (χ2n) is 3.99. The molecule has 21 heavy (non-hydrogen) atoms. The van der Waals surface area contributed by atoms with Crippen LogP contribution in [0.25, 0.3) is 0 Å². The average molecular weight is 352 g/mol. The third-order valence-corrected chi connectivity index (χ3v) is 3.27. The van der Waals surface area contributed by atoms with Crippen molar-refractivity contribution in [3.63, 3.8) is 0 Å². The first kappa shape index (κ1) is 15.2. The Labute approximate surface area is 130 Å². The SMILES string of the molecule is CCOc1ncc(NC(=O)c2cc(OC)ccc2Br)cn1. The number of rotatable bonds is 5. The van der Waals surface area contributed by atoms with Crippen molar-refractivity contribution in [2.45, 2.75) is 6.92 Å². The molecule has 1 aromatic heterocycles. The number of nitrogens with one attached hydrogen (secondary N) is 1. The van der Waals surface area contributed by atoms with Crippen molar-refractivity contribution in [1.82, 2.24) is 9.97 Å². The largest absolute Gasteiger partial charge is 0.497 e. The topological polar surface area (TPSA) is 73.3 Å². The van der Waals surface area contributed by atoms with E-state index in [0.717, 1.165) is 0 Å². The lowest BCUT2D eigenvalue weighted by atomic mass is 10.2. The van der Waals surface area contributed by atoms with Crippen LogP contribution < -0.4 is 14.8 Å². The highest BCUT2D eigenvalue weighted by Gasteiger charge is 2.12. The molecular weight excluding hydrogens is 338 g/mol. The van der Waals surface area contributed by atoms with Gasteiger partial charge in [0.15, 0.2) is 0 Å². The molecule has 0 saturated carbocycles. The number of anilines is 1. The van der Waals surface area contributed by atoms with E-state index in [1.165, 1.54) is 12.4 Å². The van der Waals surface area contributed by atoms with Gasteiger partial charge in [0.2, 0.25) is 0 Å². The number of aromatic nitrogens is 2. The van der Waals surface area contributed by atoms with Crippen molar-refractivity contribution in [2.75, 3.05) is 19.0 Å². The summed E-state index contributed by atoms with van der Waals surface area (Å²) in [6.45, 7) is 2.34. The minimum absolute atomic E-state index is 0.276. The molecule has 1 aromatic carbocycles. The van der Waals surface area contributed by atoms with E-state index in [9.17, 15) is 4.79 Å². The zero-order valence-corrected chi connectivity index (χ0v) is 13.2. The van der Waals surface area contributed by atoms with E-state index >= 15 is 0 Å². The van der Waals surface area contributed by atoms with Crippen molar-refractivity contribution in [3.8, 4) is 11.8 Å². The van der Waals surface area contributed by atoms with E-state index in [1.807, 2.05) is 6.92 Å². The highest BCUT2D eigenvalue weighted by atomic mass is 79.9. The zero-order chi connectivity index (χ0) is 15.2. The number of nitrogens with zero attached hydrogens (tertiary/aromatic N) is 2. The summed E-state index contributed by atoms with van der Waals surface area (Å²) in [6.07, 6.45) is 2.98. The number of hydrogen-bond acceptors (Lipinski definition) is 5. The molecule has 0 spiro atoms. The minimum atomic E-state index is -0.284. The van der Waals surface area contributed by atoms with Crippen molar-refractivity contribution in [2.24, 2.45) is 0 Å². The summed E-state index contributed by atoms with van der Waals surface area (Å²) in [5, 5.41) is 2.71. The maximum atomic E-state index is 12.2. The average Bonchev–Trinajstić information content (AvgIpc) is 2.50. The Morgan fingerprint density at radius 1 is 1.33 bits per heavy atom. The summed E-state index contributed by atoms with van der Waals surface area (Å²) < 4.78 is 10.9. The maximum absolute atomic E-state index is 12.2. The molecule has 0 radical (unpaired) electrons. The van der Waals surface area contributed by atoms with E-state index in [2.05, 4.69) is 31.2 Å². The van der Waals surface area contributed by atoms with Crippen LogP contribution in [0.4, 0.5) is 5.69 Å². The van der Waals surface area contributed by atoms with E-state index < -0.39 is 0 Å². The van der Waals surface area contributed by atoms with Gasteiger partial charge in [0.1, 0.15) is 5.75 Å². The molecule has 0 aliphatic heterocycles. The van der Waals surface area contributed by atoms with Crippen molar-refractivity contribution in [1.29, 1.82) is 0 Å².